The van der Waals surface area contributed by atoms with Crippen LogP contribution in [-0.4, -0.2) is 9.97 Å². The average molecular weight is 433 g/mol. The Kier molecular flexibility index (Phi) is 11.0. The van der Waals surface area contributed by atoms with Crippen molar-refractivity contribution in [2.75, 3.05) is 0 Å². The van der Waals surface area contributed by atoms with Gasteiger partial charge >= 0.3 is 0 Å². The van der Waals surface area contributed by atoms with Crippen molar-refractivity contribution in [3.05, 3.63) is 59.9 Å². The van der Waals surface area contributed by atoms with Crippen molar-refractivity contribution in [1.82, 2.24) is 9.97 Å². The number of allylic oxidation sites excluding steroid dienone is 2. The van der Waals surface area contributed by atoms with Crippen molar-refractivity contribution in [3.8, 4) is 11.4 Å². The standard InChI is InChI=1S/C30H44N2/c1-3-5-7-11-25-15-17-26(18-16-25)12-9-10-13-27-19-21-29(22-20-27)30-31-23-28(24-32-30)14-8-6-4-2/h9,12,19-26H,3-8,10-11,13-18H2,1-2H3/b12-9+. The summed E-state index contributed by atoms with van der Waals surface area (Å²) in [6, 6.07) is 8.82. The lowest BCUT2D eigenvalue weighted by molar-refractivity contribution is 0.289. The highest BCUT2D eigenvalue weighted by atomic mass is 14.9. The van der Waals surface area contributed by atoms with Crippen LogP contribution in [0.15, 0.2) is 48.8 Å². The molecular weight excluding hydrogens is 388 g/mol. The third-order valence-corrected chi connectivity index (χ3v) is 7.10. The highest BCUT2D eigenvalue weighted by molar-refractivity contribution is 5.55. The normalized spacial score (nSPS) is 18.9. The summed E-state index contributed by atoms with van der Waals surface area (Å²) in [6.45, 7) is 4.54. The Morgan fingerprint density at radius 1 is 0.781 bits per heavy atom. The zero-order valence-electron chi connectivity index (χ0n) is 20.6. The monoisotopic (exact) mass is 432 g/mol. The molecule has 174 valence electrons. The maximum absolute atomic E-state index is 4.59. The predicted molar refractivity (Wildman–Crippen MR) is 138 cm³/mol. The zero-order chi connectivity index (χ0) is 22.4. The molecule has 1 aromatic carbocycles. The zero-order valence-corrected chi connectivity index (χ0v) is 20.6. The number of rotatable bonds is 13. The summed E-state index contributed by atoms with van der Waals surface area (Å²) >= 11 is 0. The number of aromatic nitrogens is 2. The van der Waals surface area contributed by atoms with E-state index in [2.05, 4.69) is 60.2 Å². The van der Waals surface area contributed by atoms with Crippen LogP contribution in [0.2, 0.25) is 0 Å². The van der Waals surface area contributed by atoms with Gasteiger partial charge in [0.15, 0.2) is 5.82 Å². The Morgan fingerprint density at radius 2 is 1.47 bits per heavy atom. The van der Waals surface area contributed by atoms with E-state index in [1.165, 1.54) is 81.8 Å². The molecule has 0 amide bonds. The van der Waals surface area contributed by atoms with Gasteiger partial charge in [0.2, 0.25) is 0 Å². The molecule has 1 aliphatic carbocycles. The first-order chi connectivity index (χ1) is 15.8. The number of unbranched alkanes of at least 4 members (excludes halogenated alkanes) is 4. The fourth-order valence-electron chi connectivity index (χ4n) is 4.92. The molecule has 32 heavy (non-hydrogen) atoms. The summed E-state index contributed by atoms with van der Waals surface area (Å²) in [6.07, 6.45) is 27.4. The van der Waals surface area contributed by atoms with Crippen LogP contribution in [0, 0.1) is 11.8 Å². The minimum Gasteiger partial charge on any atom is -0.236 e. The minimum atomic E-state index is 0.821. The van der Waals surface area contributed by atoms with Gasteiger partial charge in [-0.3, -0.25) is 0 Å². The Bertz CT molecular complexity index is 767. The largest absolute Gasteiger partial charge is 0.236 e. The highest BCUT2D eigenvalue weighted by Gasteiger charge is 2.18. The van der Waals surface area contributed by atoms with E-state index in [4.69, 9.17) is 0 Å². The Hall–Kier alpha value is -1.96. The van der Waals surface area contributed by atoms with E-state index < -0.39 is 0 Å². The van der Waals surface area contributed by atoms with Crippen LogP contribution in [0.3, 0.4) is 0 Å². The van der Waals surface area contributed by atoms with Gasteiger partial charge in [-0.2, -0.15) is 0 Å². The van der Waals surface area contributed by atoms with Gasteiger partial charge in [-0.15, -0.1) is 0 Å². The Morgan fingerprint density at radius 3 is 2.16 bits per heavy atom. The van der Waals surface area contributed by atoms with Crippen LogP contribution in [0.4, 0.5) is 0 Å². The van der Waals surface area contributed by atoms with Crippen molar-refractivity contribution >= 4 is 0 Å². The average Bonchev–Trinajstić information content (AvgIpc) is 2.84. The van der Waals surface area contributed by atoms with Crippen LogP contribution in [0.5, 0.6) is 0 Å². The molecule has 0 radical (unpaired) electrons. The number of aryl methyl sites for hydroxylation is 2. The molecule has 2 heteroatoms. The second kappa shape index (κ2) is 14.2. The molecule has 0 atom stereocenters. The molecule has 1 saturated carbocycles. The summed E-state index contributed by atoms with van der Waals surface area (Å²) < 4.78 is 0. The van der Waals surface area contributed by atoms with Crippen molar-refractivity contribution in [3.63, 3.8) is 0 Å². The lowest BCUT2D eigenvalue weighted by Gasteiger charge is -2.26. The van der Waals surface area contributed by atoms with Crippen LogP contribution in [0.25, 0.3) is 11.4 Å². The van der Waals surface area contributed by atoms with Crippen molar-refractivity contribution in [1.29, 1.82) is 0 Å². The molecule has 1 heterocycles. The first-order valence-corrected chi connectivity index (χ1v) is 13.3. The predicted octanol–water partition coefficient (Wildman–Crippen LogP) is 8.75. The summed E-state index contributed by atoms with van der Waals surface area (Å²) in [5.41, 5.74) is 3.75. The van der Waals surface area contributed by atoms with Crippen LogP contribution in [-0.2, 0) is 12.8 Å². The third-order valence-electron chi connectivity index (χ3n) is 7.10. The molecule has 0 unspecified atom stereocenters. The number of hydrogen-bond donors (Lipinski definition) is 0. The van der Waals surface area contributed by atoms with E-state index in [-0.39, 0.29) is 0 Å². The first kappa shape index (κ1) is 24.7. The molecular formula is C30H44N2. The second-order valence-corrected chi connectivity index (χ2v) is 9.81. The lowest BCUT2D eigenvalue weighted by atomic mass is 9.79. The van der Waals surface area contributed by atoms with Gasteiger partial charge < -0.3 is 0 Å². The molecule has 2 nitrogen and oxygen atoms in total. The van der Waals surface area contributed by atoms with Crippen molar-refractivity contribution in [2.45, 2.75) is 104 Å². The van der Waals surface area contributed by atoms with E-state index in [9.17, 15) is 0 Å². The minimum absolute atomic E-state index is 0.821. The number of hydrogen-bond acceptors (Lipinski definition) is 2. The summed E-state index contributed by atoms with van der Waals surface area (Å²) in [4.78, 5) is 9.18. The van der Waals surface area contributed by atoms with E-state index in [0.717, 1.165) is 42.5 Å². The van der Waals surface area contributed by atoms with Crippen LogP contribution >= 0.6 is 0 Å². The summed E-state index contributed by atoms with van der Waals surface area (Å²) in [7, 11) is 0. The molecule has 0 spiro atoms. The third kappa shape index (κ3) is 8.52. The van der Waals surface area contributed by atoms with Gasteiger partial charge in [0, 0.05) is 18.0 Å². The first-order valence-electron chi connectivity index (χ1n) is 13.3. The molecule has 1 aliphatic rings. The van der Waals surface area contributed by atoms with Gasteiger partial charge in [-0.05, 0) is 74.3 Å². The van der Waals surface area contributed by atoms with Gasteiger partial charge in [0.25, 0.3) is 0 Å². The van der Waals surface area contributed by atoms with E-state index >= 15 is 0 Å². The highest BCUT2D eigenvalue weighted by Crippen LogP contribution is 2.32. The Labute approximate surface area is 197 Å². The molecule has 2 aromatic rings. The van der Waals surface area contributed by atoms with Crippen molar-refractivity contribution in [2.24, 2.45) is 11.8 Å². The second-order valence-electron chi connectivity index (χ2n) is 9.81. The SMILES string of the molecule is CCCCCc1cnc(-c2ccc(CC/C=C/C3CCC(CCCCC)CC3)cc2)nc1. The molecule has 0 bridgehead atoms. The quantitative estimate of drug-likeness (QED) is 0.233. The molecule has 0 saturated heterocycles. The van der Waals surface area contributed by atoms with Gasteiger partial charge in [0.1, 0.15) is 0 Å². The molecule has 1 aromatic heterocycles. The molecule has 0 aliphatic heterocycles. The Balaban J connectivity index is 1.37. The fraction of sp³-hybridized carbons (Fsp3) is 0.600. The lowest BCUT2D eigenvalue weighted by Crippen LogP contribution is -2.13. The maximum atomic E-state index is 4.59. The van der Waals surface area contributed by atoms with Crippen molar-refractivity contribution < 1.29 is 0 Å². The number of benzene rings is 1. The smallest absolute Gasteiger partial charge is 0.159 e. The van der Waals surface area contributed by atoms with Crippen LogP contribution < -0.4 is 0 Å². The molecule has 1 fully saturated rings. The maximum Gasteiger partial charge on any atom is 0.159 e. The van der Waals surface area contributed by atoms with E-state index in [1.54, 1.807) is 0 Å². The van der Waals surface area contributed by atoms with Gasteiger partial charge in [0.05, 0.1) is 0 Å². The van der Waals surface area contributed by atoms with E-state index in [1.807, 2.05) is 12.4 Å². The molecule has 3 rings (SSSR count). The van der Waals surface area contributed by atoms with Crippen LogP contribution in [0.1, 0.15) is 102 Å². The van der Waals surface area contributed by atoms with Gasteiger partial charge in [-0.25, -0.2) is 9.97 Å². The topological polar surface area (TPSA) is 25.8 Å². The summed E-state index contributed by atoms with van der Waals surface area (Å²) in [5.74, 6) is 2.66. The number of nitrogens with zero attached hydrogens (tertiary/aromatic N) is 2. The summed E-state index contributed by atoms with van der Waals surface area (Å²) in [5, 5.41) is 0. The fourth-order valence-corrected chi connectivity index (χ4v) is 4.92. The molecule has 0 N–H and O–H groups in total. The van der Waals surface area contributed by atoms with Gasteiger partial charge in [-0.1, -0.05) is 88.8 Å². The van der Waals surface area contributed by atoms with E-state index in [0.29, 0.717) is 0 Å².